The third-order valence-corrected chi connectivity index (χ3v) is 6.97. The fraction of sp³-hybridized carbons (Fsp3) is 0.630. The molecule has 1 aliphatic heterocycles. The van der Waals surface area contributed by atoms with Crippen LogP contribution in [-0.4, -0.2) is 47.5 Å². The maximum absolute atomic E-state index is 13.1. The molecule has 2 aliphatic rings. The minimum atomic E-state index is -1.07. The largest absolute Gasteiger partial charge is 0.436 e. The van der Waals surface area contributed by atoms with Crippen LogP contribution < -0.4 is 10.6 Å². The Hall–Kier alpha value is -3.08. The molecule has 1 aromatic carbocycles. The average molecular weight is 483 g/mol. The first-order valence-corrected chi connectivity index (χ1v) is 12.8. The number of carbonyl (C=O) groups excluding carboxylic acids is 3. The average Bonchev–Trinajstić information content (AvgIpc) is 2.88. The molecule has 0 bridgehead atoms. The van der Waals surface area contributed by atoms with Crippen LogP contribution in [0.5, 0.6) is 0 Å². The van der Waals surface area contributed by atoms with Crippen molar-refractivity contribution in [2.24, 2.45) is 11.8 Å². The highest BCUT2D eigenvalue weighted by Crippen LogP contribution is 2.29. The zero-order valence-corrected chi connectivity index (χ0v) is 20.9. The van der Waals surface area contributed by atoms with Gasteiger partial charge >= 0.3 is 6.09 Å². The van der Waals surface area contributed by atoms with Crippen LogP contribution in [0.15, 0.2) is 30.3 Å². The molecule has 2 fully saturated rings. The standard InChI is InChI=1S/C27H38N4O4/c1-20(2)17-23(35-26(34)29-18-21-9-5-3-6-10-21)24(32)30-27(19-28)13-15-31(16-14-27)25(33)22-11-7-4-8-12-22/h3,5-6,9-10,20,22-23H,4,7-8,11-18H2,1-2H3,(H,29,34)(H,30,32)/t23-/m0/s1. The van der Waals surface area contributed by atoms with E-state index in [2.05, 4.69) is 16.7 Å². The highest BCUT2D eigenvalue weighted by Gasteiger charge is 2.40. The predicted molar refractivity (Wildman–Crippen MR) is 132 cm³/mol. The van der Waals surface area contributed by atoms with Crippen molar-refractivity contribution in [1.82, 2.24) is 15.5 Å². The van der Waals surface area contributed by atoms with Crippen molar-refractivity contribution in [2.75, 3.05) is 13.1 Å². The van der Waals surface area contributed by atoms with Crippen molar-refractivity contribution in [3.8, 4) is 6.07 Å². The van der Waals surface area contributed by atoms with Crippen LogP contribution in [0.4, 0.5) is 4.79 Å². The number of ether oxygens (including phenoxy) is 1. The van der Waals surface area contributed by atoms with Gasteiger partial charge in [0.15, 0.2) is 6.10 Å². The molecule has 1 saturated heterocycles. The Kier molecular flexibility index (Phi) is 9.53. The fourth-order valence-corrected chi connectivity index (χ4v) is 4.88. The quantitative estimate of drug-likeness (QED) is 0.584. The third-order valence-electron chi connectivity index (χ3n) is 6.97. The van der Waals surface area contributed by atoms with Crippen molar-refractivity contribution < 1.29 is 19.1 Å². The van der Waals surface area contributed by atoms with Gasteiger partial charge in [-0.05, 0) is 30.7 Å². The van der Waals surface area contributed by atoms with Crippen LogP contribution >= 0.6 is 0 Å². The van der Waals surface area contributed by atoms with Gasteiger partial charge in [0.05, 0.1) is 6.07 Å². The van der Waals surface area contributed by atoms with Gasteiger partial charge in [-0.25, -0.2) is 4.79 Å². The highest BCUT2D eigenvalue weighted by molar-refractivity contribution is 5.84. The highest BCUT2D eigenvalue weighted by atomic mass is 16.6. The van der Waals surface area contributed by atoms with E-state index in [1.54, 1.807) is 0 Å². The van der Waals surface area contributed by atoms with Gasteiger partial charge in [0.25, 0.3) is 5.91 Å². The molecule has 8 heteroatoms. The smallest absolute Gasteiger partial charge is 0.408 e. The number of hydrogen-bond acceptors (Lipinski definition) is 5. The third kappa shape index (κ3) is 7.71. The number of hydrogen-bond donors (Lipinski definition) is 2. The summed E-state index contributed by atoms with van der Waals surface area (Å²) in [7, 11) is 0. The van der Waals surface area contributed by atoms with Crippen LogP contribution in [0.3, 0.4) is 0 Å². The summed E-state index contributed by atoms with van der Waals surface area (Å²) in [6.45, 7) is 5.07. The lowest BCUT2D eigenvalue weighted by Gasteiger charge is -2.40. The molecular weight excluding hydrogens is 444 g/mol. The van der Waals surface area contributed by atoms with E-state index in [-0.39, 0.29) is 17.7 Å². The molecule has 3 rings (SSSR count). The number of benzene rings is 1. The molecule has 0 aromatic heterocycles. The van der Waals surface area contributed by atoms with Gasteiger partial charge < -0.3 is 20.3 Å². The van der Waals surface area contributed by atoms with Gasteiger partial charge in [-0.2, -0.15) is 5.26 Å². The van der Waals surface area contributed by atoms with E-state index >= 15 is 0 Å². The summed E-state index contributed by atoms with van der Waals surface area (Å²) in [5.41, 5.74) is -0.147. The Labute approximate surface area is 208 Å². The summed E-state index contributed by atoms with van der Waals surface area (Å²) < 4.78 is 5.48. The number of nitrogens with zero attached hydrogens (tertiary/aromatic N) is 2. The maximum Gasteiger partial charge on any atom is 0.408 e. The van der Waals surface area contributed by atoms with Crippen molar-refractivity contribution in [3.05, 3.63) is 35.9 Å². The summed E-state index contributed by atoms with van der Waals surface area (Å²) in [6, 6.07) is 11.7. The van der Waals surface area contributed by atoms with E-state index in [1.165, 1.54) is 6.42 Å². The van der Waals surface area contributed by atoms with Crippen molar-refractivity contribution >= 4 is 17.9 Å². The summed E-state index contributed by atoms with van der Waals surface area (Å²) >= 11 is 0. The molecule has 1 saturated carbocycles. The number of piperidine rings is 1. The summed E-state index contributed by atoms with van der Waals surface area (Å²) in [6.07, 6.45) is 4.66. The lowest BCUT2D eigenvalue weighted by molar-refractivity contribution is -0.138. The van der Waals surface area contributed by atoms with Gasteiger partial charge in [0.2, 0.25) is 5.91 Å². The minimum Gasteiger partial charge on any atom is -0.436 e. The van der Waals surface area contributed by atoms with E-state index in [0.29, 0.717) is 38.9 Å². The zero-order valence-electron chi connectivity index (χ0n) is 20.9. The number of alkyl carbamates (subject to hydrolysis) is 1. The molecule has 190 valence electrons. The van der Waals surface area contributed by atoms with Gasteiger partial charge in [-0.3, -0.25) is 9.59 Å². The van der Waals surface area contributed by atoms with Gasteiger partial charge in [0, 0.05) is 38.4 Å². The maximum atomic E-state index is 13.1. The molecule has 0 radical (unpaired) electrons. The lowest BCUT2D eigenvalue weighted by atomic mass is 9.85. The molecule has 1 heterocycles. The van der Waals surface area contributed by atoms with E-state index < -0.39 is 23.6 Å². The van der Waals surface area contributed by atoms with Gasteiger partial charge in [-0.15, -0.1) is 0 Å². The van der Waals surface area contributed by atoms with E-state index in [9.17, 15) is 19.6 Å². The van der Waals surface area contributed by atoms with Crippen molar-refractivity contribution in [2.45, 2.75) is 83.4 Å². The predicted octanol–water partition coefficient (Wildman–Crippen LogP) is 3.91. The lowest BCUT2D eigenvalue weighted by Crippen LogP contribution is -2.58. The first-order valence-electron chi connectivity index (χ1n) is 12.8. The SMILES string of the molecule is CC(C)C[C@H](OC(=O)NCc1ccccc1)C(=O)NC1(C#N)CCN(C(=O)C2CCCCC2)CC1. The second kappa shape index (κ2) is 12.6. The number of likely N-dealkylation sites (tertiary alicyclic amines) is 1. The Balaban J connectivity index is 1.55. The Bertz CT molecular complexity index is 898. The molecule has 0 spiro atoms. The number of nitrogens with one attached hydrogen (secondary N) is 2. The van der Waals surface area contributed by atoms with Crippen molar-refractivity contribution in [3.63, 3.8) is 0 Å². The molecule has 1 aromatic rings. The summed E-state index contributed by atoms with van der Waals surface area (Å²) in [5.74, 6) is -0.0901. The fourth-order valence-electron chi connectivity index (χ4n) is 4.88. The Morgan fingerprint density at radius 1 is 1.11 bits per heavy atom. The molecule has 2 N–H and O–H groups in total. The zero-order chi connectivity index (χ0) is 25.3. The molecule has 8 nitrogen and oxygen atoms in total. The molecule has 0 unspecified atom stereocenters. The number of amides is 3. The Morgan fingerprint density at radius 3 is 2.37 bits per heavy atom. The first kappa shape index (κ1) is 26.5. The summed E-state index contributed by atoms with van der Waals surface area (Å²) in [4.78, 5) is 40.3. The Morgan fingerprint density at radius 2 is 1.77 bits per heavy atom. The molecule has 35 heavy (non-hydrogen) atoms. The number of rotatable bonds is 8. The number of nitriles is 1. The monoisotopic (exact) mass is 482 g/mol. The number of carbonyl (C=O) groups is 3. The van der Waals surface area contributed by atoms with E-state index in [0.717, 1.165) is 31.2 Å². The van der Waals surface area contributed by atoms with Crippen LogP contribution in [0.2, 0.25) is 0 Å². The minimum absolute atomic E-state index is 0.0890. The van der Waals surface area contributed by atoms with Crippen molar-refractivity contribution in [1.29, 1.82) is 5.26 Å². The second-order valence-electron chi connectivity index (χ2n) is 10.2. The van der Waals surface area contributed by atoms with Crippen LogP contribution in [-0.2, 0) is 20.9 Å². The molecular formula is C27H38N4O4. The topological polar surface area (TPSA) is 112 Å². The van der Waals surface area contributed by atoms with Gasteiger partial charge in [-0.1, -0.05) is 63.4 Å². The normalized spacial score (nSPS) is 18.9. The second-order valence-corrected chi connectivity index (χ2v) is 10.2. The van der Waals surface area contributed by atoms with E-state index in [1.807, 2.05) is 49.1 Å². The van der Waals surface area contributed by atoms with E-state index in [4.69, 9.17) is 4.74 Å². The van der Waals surface area contributed by atoms with Crippen LogP contribution in [0, 0.1) is 23.2 Å². The molecule has 3 amide bonds. The summed E-state index contributed by atoms with van der Waals surface area (Å²) in [5, 5.41) is 15.5. The molecule has 1 aliphatic carbocycles. The van der Waals surface area contributed by atoms with Gasteiger partial charge in [0.1, 0.15) is 5.54 Å². The van der Waals surface area contributed by atoms with Crippen LogP contribution in [0.25, 0.3) is 0 Å². The van der Waals surface area contributed by atoms with Crippen LogP contribution in [0.1, 0.15) is 70.8 Å². The molecule has 1 atom stereocenters. The first-order chi connectivity index (χ1) is 16.8.